The third kappa shape index (κ3) is 4.96. The normalized spacial score (nSPS) is 21.1. The number of benzene rings is 1. The van der Waals surface area contributed by atoms with Crippen molar-refractivity contribution in [1.82, 2.24) is 20.3 Å². The Hall–Kier alpha value is -3.86. The van der Waals surface area contributed by atoms with E-state index in [4.69, 9.17) is 16.3 Å². The summed E-state index contributed by atoms with van der Waals surface area (Å²) in [4.78, 5) is 43.0. The Balaban J connectivity index is 1.09. The quantitative estimate of drug-likeness (QED) is 0.436. The van der Waals surface area contributed by atoms with Crippen molar-refractivity contribution in [3.8, 4) is 5.75 Å². The molecule has 4 heterocycles. The van der Waals surface area contributed by atoms with Gasteiger partial charge in [0, 0.05) is 37.6 Å². The molecule has 1 aromatic carbocycles. The number of nitrogens with one attached hydrogen (secondary N) is 1. The molecule has 3 aliphatic rings. The second kappa shape index (κ2) is 10.8. The molecule has 2 amide bonds. The summed E-state index contributed by atoms with van der Waals surface area (Å²) in [5.41, 5.74) is 0.567. The van der Waals surface area contributed by atoms with Crippen molar-refractivity contribution in [2.75, 3.05) is 36.5 Å². The summed E-state index contributed by atoms with van der Waals surface area (Å²) in [5, 5.41) is 3.01. The van der Waals surface area contributed by atoms with Crippen LogP contribution in [0.1, 0.15) is 53.7 Å². The molecular weight excluding hydrogens is 554 g/mol. The number of fused-ring (bicyclic) bond motifs is 2. The number of carbonyl (C=O) groups excluding carboxylic acids is 2. The van der Waals surface area contributed by atoms with E-state index in [0.29, 0.717) is 44.2 Å². The lowest BCUT2D eigenvalue weighted by Crippen LogP contribution is -2.64. The molecule has 1 N–H and O–H groups in total. The molecule has 2 fully saturated rings. The van der Waals surface area contributed by atoms with Crippen LogP contribution in [0.25, 0.3) is 0 Å². The maximum atomic E-state index is 13.9. The molecule has 2 aliphatic heterocycles. The van der Waals surface area contributed by atoms with Crippen LogP contribution < -0.4 is 19.9 Å². The lowest BCUT2D eigenvalue weighted by Gasteiger charge is -2.46. The lowest BCUT2D eigenvalue weighted by molar-refractivity contribution is -0.124. The fourth-order valence-electron chi connectivity index (χ4n) is 6.22. The van der Waals surface area contributed by atoms with E-state index in [1.165, 1.54) is 6.07 Å². The van der Waals surface area contributed by atoms with E-state index in [9.17, 15) is 18.4 Å². The number of hydrogen-bond acceptors (Lipinski definition) is 7. The highest BCUT2D eigenvalue weighted by Gasteiger charge is 2.58. The summed E-state index contributed by atoms with van der Waals surface area (Å²) in [6, 6.07) is 9.02. The predicted octanol–water partition coefficient (Wildman–Crippen LogP) is 4.56. The SMILES string of the molecule is COc1cnc(N2CC3(C2)C(=O)N(CC2CCC(NC(=O)c4cc(Cl)cnc4C(F)F)CC2)c2ccccc23)nc1. The fourth-order valence-corrected chi connectivity index (χ4v) is 6.38. The number of alkyl halides is 2. The number of pyridine rings is 1. The Morgan fingerprint density at radius 3 is 2.51 bits per heavy atom. The Morgan fingerprint density at radius 1 is 1.12 bits per heavy atom. The van der Waals surface area contributed by atoms with E-state index in [1.807, 2.05) is 34.1 Å². The van der Waals surface area contributed by atoms with Gasteiger partial charge in [-0.25, -0.2) is 18.7 Å². The molecule has 1 aliphatic carbocycles. The summed E-state index contributed by atoms with van der Waals surface area (Å²) >= 11 is 5.91. The van der Waals surface area contributed by atoms with Gasteiger partial charge in [-0.2, -0.15) is 0 Å². The molecule has 0 atom stereocenters. The number of aromatic nitrogens is 3. The topological polar surface area (TPSA) is 101 Å². The second-order valence-electron chi connectivity index (χ2n) is 10.9. The number of hydrogen-bond donors (Lipinski definition) is 1. The molecule has 12 heteroatoms. The zero-order chi connectivity index (χ0) is 28.7. The Labute approximate surface area is 240 Å². The number of para-hydroxylation sites is 1. The van der Waals surface area contributed by atoms with Gasteiger partial charge in [-0.05, 0) is 49.3 Å². The van der Waals surface area contributed by atoms with Gasteiger partial charge in [-0.15, -0.1) is 0 Å². The molecule has 6 rings (SSSR count). The third-order valence-corrected chi connectivity index (χ3v) is 8.59. The molecule has 0 unspecified atom stereocenters. The zero-order valence-electron chi connectivity index (χ0n) is 22.4. The minimum Gasteiger partial charge on any atom is -0.494 e. The molecule has 1 saturated heterocycles. The van der Waals surface area contributed by atoms with Crippen molar-refractivity contribution in [3.05, 3.63) is 70.8 Å². The maximum absolute atomic E-state index is 13.9. The summed E-state index contributed by atoms with van der Waals surface area (Å²) in [7, 11) is 1.56. The Kier molecular flexibility index (Phi) is 7.23. The summed E-state index contributed by atoms with van der Waals surface area (Å²) in [6.07, 6.45) is 4.44. The number of ether oxygens (including phenoxy) is 1. The lowest BCUT2D eigenvalue weighted by atomic mass is 9.74. The van der Waals surface area contributed by atoms with Crippen molar-refractivity contribution < 1.29 is 23.1 Å². The molecule has 214 valence electrons. The summed E-state index contributed by atoms with van der Waals surface area (Å²) in [6.45, 7) is 1.60. The van der Waals surface area contributed by atoms with Crippen molar-refractivity contribution in [2.24, 2.45) is 5.92 Å². The summed E-state index contributed by atoms with van der Waals surface area (Å²) in [5.74, 6) is 0.883. The van der Waals surface area contributed by atoms with Crippen LogP contribution >= 0.6 is 11.6 Å². The first-order valence-electron chi connectivity index (χ1n) is 13.6. The first-order chi connectivity index (χ1) is 19.8. The Morgan fingerprint density at radius 2 is 1.83 bits per heavy atom. The first kappa shape index (κ1) is 27.3. The average molecular weight is 583 g/mol. The number of amides is 2. The van der Waals surface area contributed by atoms with Crippen molar-refractivity contribution in [1.29, 1.82) is 0 Å². The number of carbonyl (C=O) groups is 2. The van der Waals surface area contributed by atoms with E-state index >= 15 is 0 Å². The monoisotopic (exact) mass is 582 g/mol. The molecule has 3 aromatic rings. The van der Waals surface area contributed by atoms with E-state index in [-0.39, 0.29) is 28.5 Å². The molecule has 1 spiro atoms. The minimum absolute atomic E-state index is 0.0897. The van der Waals surface area contributed by atoms with Gasteiger partial charge in [-0.3, -0.25) is 14.6 Å². The highest BCUT2D eigenvalue weighted by atomic mass is 35.5. The van der Waals surface area contributed by atoms with Gasteiger partial charge >= 0.3 is 0 Å². The van der Waals surface area contributed by atoms with Gasteiger partial charge < -0.3 is 19.9 Å². The largest absolute Gasteiger partial charge is 0.494 e. The van der Waals surface area contributed by atoms with E-state index in [1.54, 1.807) is 19.5 Å². The smallest absolute Gasteiger partial charge is 0.281 e. The van der Waals surface area contributed by atoms with Crippen molar-refractivity contribution in [3.63, 3.8) is 0 Å². The zero-order valence-corrected chi connectivity index (χ0v) is 23.2. The number of methoxy groups -OCH3 is 1. The first-order valence-corrected chi connectivity index (χ1v) is 13.9. The molecule has 1 saturated carbocycles. The van der Waals surface area contributed by atoms with Gasteiger partial charge in [0.25, 0.3) is 12.3 Å². The van der Waals surface area contributed by atoms with Gasteiger partial charge in [0.2, 0.25) is 11.9 Å². The minimum atomic E-state index is -2.88. The highest BCUT2D eigenvalue weighted by molar-refractivity contribution is 6.30. The van der Waals surface area contributed by atoms with E-state index in [0.717, 1.165) is 30.3 Å². The molecule has 0 bridgehead atoms. The van der Waals surface area contributed by atoms with Gasteiger partial charge in [0.1, 0.15) is 11.1 Å². The fraction of sp³-hybridized carbons (Fsp3) is 0.414. The number of halogens is 3. The van der Waals surface area contributed by atoms with Crippen LogP contribution in [0.15, 0.2) is 48.9 Å². The van der Waals surface area contributed by atoms with Crippen LogP contribution in [0.5, 0.6) is 5.75 Å². The Bertz CT molecular complexity index is 1460. The van der Waals surface area contributed by atoms with Crippen LogP contribution in [-0.4, -0.2) is 59.6 Å². The molecular formula is C29H29ClF2N6O3. The van der Waals surface area contributed by atoms with Crippen molar-refractivity contribution in [2.45, 2.75) is 43.6 Å². The number of rotatable bonds is 7. The third-order valence-electron chi connectivity index (χ3n) is 8.38. The van der Waals surface area contributed by atoms with Crippen LogP contribution in [-0.2, 0) is 10.2 Å². The molecule has 9 nitrogen and oxygen atoms in total. The number of anilines is 2. The predicted molar refractivity (Wildman–Crippen MR) is 149 cm³/mol. The molecule has 0 radical (unpaired) electrons. The highest BCUT2D eigenvalue weighted by Crippen LogP contribution is 2.48. The number of nitrogens with zero attached hydrogens (tertiary/aromatic N) is 5. The average Bonchev–Trinajstić information content (AvgIpc) is 3.20. The van der Waals surface area contributed by atoms with Gasteiger partial charge in [0.15, 0.2) is 5.75 Å². The second-order valence-corrected chi connectivity index (χ2v) is 11.3. The van der Waals surface area contributed by atoms with E-state index in [2.05, 4.69) is 20.3 Å². The van der Waals surface area contributed by atoms with Crippen molar-refractivity contribution >= 4 is 35.1 Å². The molecule has 41 heavy (non-hydrogen) atoms. The summed E-state index contributed by atoms with van der Waals surface area (Å²) < 4.78 is 31.9. The van der Waals surface area contributed by atoms with Crippen LogP contribution in [0.2, 0.25) is 5.02 Å². The van der Waals surface area contributed by atoms with Crippen LogP contribution in [0.4, 0.5) is 20.4 Å². The van der Waals surface area contributed by atoms with Gasteiger partial charge in [-0.1, -0.05) is 29.8 Å². The van der Waals surface area contributed by atoms with Crippen LogP contribution in [0.3, 0.4) is 0 Å². The maximum Gasteiger partial charge on any atom is 0.281 e. The van der Waals surface area contributed by atoms with E-state index < -0.39 is 23.4 Å². The molecule has 2 aromatic heterocycles. The standard InChI is InChI=1S/C29H29ClF2N6O3/c1-41-20-12-34-28(35-13-20)37-15-29(16-37)22-4-2-3-5-23(22)38(27(29)40)14-17-6-8-19(9-7-17)36-26(39)21-10-18(30)11-33-24(21)25(31)32/h2-5,10-13,17,19,25H,6-9,14-16H2,1H3,(H,36,39). The van der Waals surface area contributed by atoms with Crippen LogP contribution in [0, 0.1) is 5.92 Å². The van der Waals surface area contributed by atoms with Gasteiger partial charge in [0.05, 0.1) is 30.1 Å².